The number of amides is 3. The van der Waals surface area contributed by atoms with Gasteiger partial charge in [0.05, 0.1) is 25.0 Å². The number of aromatic amines is 1. The fourth-order valence-electron chi connectivity index (χ4n) is 6.69. The maximum Gasteiger partial charge on any atom is 0.407 e. The molecule has 2 fully saturated rings. The lowest BCUT2D eigenvalue weighted by Crippen LogP contribution is -2.51. The van der Waals surface area contributed by atoms with Crippen LogP contribution in [-0.2, 0) is 27.2 Å². The third-order valence-electron chi connectivity index (χ3n) is 9.71. The Kier molecular flexibility index (Phi) is 15.1. The molecule has 0 saturated carbocycles. The average molecular weight is 771 g/mol. The molecule has 2 aliphatic heterocycles. The number of piperazine rings is 1. The predicted molar refractivity (Wildman–Crippen MR) is 214 cm³/mol. The van der Waals surface area contributed by atoms with Gasteiger partial charge in [0, 0.05) is 56.3 Å². The van der Waals surface area contributed by atoms with Crippen LogP contribution >= 0.6 is 0 Å². The summed E-state index contributed by atoms with van der Waals surface area (Å²) in [6.07, 6.45) is 3.54. The van der Waals surface area contributed by atoms with Crippen LogP contribution in [0.15, 0.2) is 79.0 Å². The number of rotatable bonds is 12. The summed E-state index contributed by atoms with van der Waals surface area (Å²) in [7, 11) is 1.29. The van der Waals surface area contributed by atoms with Gasteiger partial charge in [-0.3, -0.25) is 18.7 Å². The van der Waals surface area contributed by atoms with Crippen molar-refractivity contribution in [3.8, 4) is 22.4 Å². The van der Waals surface area contributed by atoms with E-state index in [0.717, 1.165) is 85.9 Å². The van der Waals surface area contributed by atoms with Crippen molar-refractivity contribution in [3.63, 3.8) is 0 Å². The molecule has 0 radical (unpaired) electrons. The maximum atomic E-state index is 13.5. The van der Waals surface area contributed by atoms with E-state index in [2.05, 4.69) is 43.0 Å². The normalized spacial score (nSPS) is 16.8. The number of nitrogens with zero attached hydrogens (tertiary/aromatic N) is 3. The zero-order valence-electron chi connectivity index (χ0n) is 32.0. The third-order valence-corrected chi connectivity index (χ3v) is 10.5. The molecule has 4 aromatic rings. The molecule has 3 aromatic carbocycles. The summed E-state index contributed by atoms with van der Waals surface area (Å²) in [5, 5.41) is 9.08. The molecule has 2 aliphatic rings. The molecule has 3 atom stereocenters. The quantitative estimate of drug-likeness (QED) is 0.132. The molecular weight excluding hydrogens is 719 g/mol. The van der Waals surface area contributed by atoms with Crippen LogP contribution in [0.5, 0.6) is 0 Å². The number of aromatic nitrogens is 2. The second-order valence-corrected chi connectivity index (χ2v) is 15.1. The van der Waals surface area contributed by atoms with E-state index in [4.69, 9.17) is 4.74 Å². The van der Waals surface area contributed by atoms with Gasteiger partial charge in [0.25, 0.3) is 5.91 Å². The maximum absolute atomic E-state index is 13.5. The monoisotopic (exact) mass is 770 g/mol. The first-order valence-electron chi connectivity index (χ1n) is 18.9. The van der Waals surface area contributed by atoms with Crippen molar-refractivity contribution in [2.24, 2.45) is 5.92 Å². The van der Waals surface area contributed by atoms with Crippen LogP contribution < -0.4 is 16.0 Å². The number of anilines is 1. The minimum atomic E-state index is -1.82. The number of nitrogens with one attached hydrogen (secondary N) is 4. The molecule has 2 saturated heterocycles. The Labute approximate surface area is 325 Å². The Balaban J connectivity index is 0.000000895. The minimum absolute atomic E-state index is 0.0949. The molecule has 1 unspecified atom stereocenters. The van der Waals surface area contributed by atoms with Gasteiger partial charge in [-0.25, -0.2) is 9.78 Å². The minimum Gasteiger partial charge on any atom is -0.772 e. The van der Waals surface area contributed by atoms with Gasteiger partial charge in [0.1, 0.15) is 11.9 Å². The first-order chi connectivity index (χ1) is 26.6. The van der Waals surface area contributed by atoms with Gasteiger partial charge >= 0.3 is 6.09 Å². The van der Waals surface area contributed by atoms with E-state index in [1.54, 1.807) is 11.1 Å². The number of carbonyl (C=O) groups is 3. The topological polar surface area (TPSA) is 172 Å². The van der Waals surface area contributed by atoms with Gasteiger partial charge in [0.15, 0.2) is 0 Å². The van der Waals surface area contributed by atoms with Crippen LogP contribution in [0.25, 0.3) is 22.4 Å². The van der Waals surface area contributed by atoms with E-state index in [-0.39, 0.29) is 23.8 Å². The molecule has 0 spiro atoms. The summed E-state index contributed by atoms with van der Waals surface area (Å²) in [6, 6.07) is 23.0. The fraction of sp³-hybridized carbons (Fsp3) is 0.415. The molecule has 13 nitrogen and oxygen atoms in total. The molecule has 1 aromatic heterocycles. The van der Waals surface area contributed by atoms with Gasteiger partial charge < -0.3 is 35.1 Å². The van der Waals surface area contributed by atoms with E-state index in [9.17, 15) is 23.1 Å². The number of H-pyrrole nitrogens is 1. The lowest BCUT2D eigenvalue weighted by molar-refractivity contribution is -0.135. The van der Waals surface area contributed by atoms with Crippen LogP contribution in [-0.4, -0.2) is 98.1 Å². The first kappa shape index (κ1) is 41.3. The predicted octanol–water partition coefficient (Wildman–Crippen LogP) is 5.72. The van der Waals surface area contributed by atoms with E-state index in [1.807, 2.05) is 81.4 Å². The molecule has 14 heteroatoms. The number of hydrogen-bond donors (Lipinski definition) is 4. The van der Waals surface area contributed by atoms with Gasteiger partial charge in [0.2, 0.25) is 5.91 Å². The van der Waals surface area contributed by atoms with Crippen LogP contribution in [0.1, 0.15) is 67.8 Å². The first-order valence-corrected chi connectivity index (χ1v) is 20.1. The number of ether oxygens (including phenoxy) is 1. The molecule has 3 heterocycles. The Bertz CT molecular complexity index is 1880. The largest absolute Gasteiger partial charge is 0.772 e. The lowest BCUT2D eigenvalue weighted by Gasteiger charge is -2.30. The molecule has 55 heavy (non-hydrogen) atoms. The molecular formula is C41H52N7O6S-. The number of carbonyl (C=O) groups excluding carboxylic acids is 3. The van der Waals surface area contributed by atoms with E-state index >= 15 is 0 Å². The standard InChI is InChI=1S/C38H45N7O4.C3H8O2S/c1-25(2)34(43-38(48)49-3)37(47)45-20-4-5-33(45)35-40-23-32(42-35)29-12-8-27(9-13-29)28-10-14-30(15-11-28)36(46)41-31-16-6-26(7-17-31)24-44-21-18-39-19-22-44;1-2-3-6(4)5/h6-17,23,25,33-34,39H,4-5,18-22,24H2,1-3H3,(H,40,42)(H,41,46)(H,43,48);2-3H2,1H3,(H,4,5)/p-1/t33-,34-;/m0./s1. The molecule has 294 valence electrons. The van der Waals surface area contributed by atoms with Crippen LogP contribution in [0.3, 0.4) is 0 Å². The summed E-state index contributed by atoms with van der Waals surface area (Å²) in [5.74, 6) is 0.644. The Hall–Kier alpha value is -4.89. The summed E-state index contributed by atoms with van der Waals surface area (Å²) in [4.78, 5) is 50.6. The molecule has 3 amide bonds. The molecule has 4 N–H and O–H groups in total. The highest BCUT2D eigenvalue weighted by Crippen LogP contribution is 2.33. The van der Waals surface area contributed by atoms with E-state index in [0.29, 0.717) is 17.9 Å². The summed E-state index contributed by atoms with van der Waals surface area (Å²) >= 11 is -1.82. The van der Waals surface area contributed by atoms with Crippen molar-refractivity contribution in [3.05, 3.63) is 95.9 Å². The smallest absolute Gasteiger partial charge is 0.407 e. The van der Waals surface area contributed by atoms with Crippen molar-refractivity contribution in [2.75, 3.05) is 50.9 Å². The number of hydrogen-bond acceptors (Lipinski definition) is 9. The number of methoxy groups -OCH3 is 1. The van der Waals surface area contributed by atoms with Crippen molar-refractivity contribution in [1.82, 2.24) is 30.4 Å². The zero-order chi connectivity index (χ0) is 39.3. The number of imidazole rings is 1. The van der Waals surface area contributed by atoms with Crippen molar-refractivity contribution >= 4 is 34.7 Å². The number of benzene rings is 3. The van der Waals surface area contributed by atoms with Gasteiger partial charge in [-0.05, 0) is 71.7 Å². The van der Waals surface area contributed by atoms with Crippen molar-refractivity contribution in [1.29, 1.82) is 0 Å². The fourth-order valence-corrected chi connectivity index (χ4v) is 7.03. The van der Waals surface area contributed by atoms with Gasteiger partial charge in [-0.2, -0.15) is 0 Å². The third kappa shape index (κ3) is 11.6. The second kappa shape index (κ2) is 20.1. The van der Waals surface area contributed by atoms with Crippen LogP contribution in [0.4, 0.5) is 10.5 Å². The number of likely N-dealkylation sites (tertiary alicyclic amines) is 1. The summed E-state index contributed by atoms with van der Waals surface area (Å²) in [5.41, 5.74) is 6.47. The van der Waals surface area contributed by atoms with Gasteiger partial charge in [-0.1, -0.05) is 80.4 Å². The molecule has 0 aliphatic carbocycles. The summed E-state index contributed by atoms with van der Waals surface area (Å²) < 4.78 is 23.9. The van der Waals surface area contributed by atoms with Crippen LogP contribution in [0.2, 0.25) is 0 Å². The Morgan fingerprint density at radius 2 is 1.58 bits per heavy atom. The van der Waals surface area contributed by atoms with E-state index in [1.165, 1.54) is 12.7 Å². The van der Waals surface area contributed by atoms with Gasteiger partial charge in [-0.15, -0.1) is 0 Å². The van der Waals surface area contributed by atoms with Crippen LogP contribution in [0, 0.1) is 5.92 Å². The zero-order valence-corrected chi connectivity index (χ0v) is 32.8. The summed E-state index contributed by atoms with van der Waals surface area (Å²) in [6.45, 7) is 11.3. The molecule has 6 rings (SSSR count). The Morgan fingerprint density at radius 1 is 0.945 bits per heavy atom. The Morgan fingerprint density at radius 3 is 2.16 bits per heavy atom. The highest BCUT2D eigenvalue weighted by Gasteiger charge is 2.37. The van der Waals surface area contributed by atoms with Crippen molar-refractivity contribution in [2.45, 2.75) is 58.7 Å². The molecule has 0 bridgehead atoms. The number of alkyl carbamates (subject to hydrolysis) is 1. The SMILES string of the molecule is CCCS(=O)[O-].COC(=O)N[C@H](C(=O)N1CCC[C@H]1c1ncc(-c2ccc(-c3ccc(C(=O)Nc4ccc(CN5CCNCC5)cc4)cc3)cc2)[nH]1)C(C)C. The highest BCUT2D eigenvalue weighted by molar-refractivity contribution is 7.79. The average Bonchev–Trinajstić information content (AvgIpc) is 3.89. The van der Waals surface area contributed by atoms with Crippen molar-refractivity contribution < 1.29 is 27.9 Å². The van der Waals surface area contributed by atoms with E-state index < -0.39 is 23.2 Å². The highest BCUT2D eigenvalue weighted by atomic mass is 32.2. The second-order valence-electron chi connectivity index (χ2n) is 14.1. The lowest BCUT2D eigenvalue weighted by atomic mass is 10.0.